The van der Waals surface area contributed by atoms with Crippen LogP contribution in [0.4, 0.5) is 11.4 Å². The number of carbonyl (C=O) groups excluding carboxylic acids is 1. The van der Waals surface area contributed by atoms with Crippen molar-refractivity contribution in [1.29, 1.82) is 0 Å². The number of anilines is 2. The van der Waals surface area contributed by atoms with Gasteiger partial charge in [0.25, 0.3) is 5.91 Å². The van der Waals surface area contributed by atoms with Gasteiger partial charge in [-0.1, -0.05) is 35.9 Å². The van der Waals surface area contributed by atoms with Gasteiger partial charge in [0.15, 0.2) is 0 Å². The summed E-state index contributed by atoms with van der Waals surface area (Å²) in [5.41, 5.74) is 5.65. The van der Waals surface area contributed by atoms with Crippen LogP contribution in [0.1, 0.15) is 27.0 Å². The Labute approximate surface area is 212 Å². The minimum Gasteiger partial charge on any atom is -0.368 e. The van der Waals surface area contributed by atoms with E-state index in [-0.39, 0.29) is 12.5 Å². The number of sulfonamides is 1. The van der Waals surface area contributed by atoms with Gasteiger partial charge in [0.1, 0.15) is 0 Å². The van der Waals surface area contributed by atoms with Crippen LogP contribution in [0.25, 0.3) is 0 Å². The van der Waals surface area contributed by atoms with Gasteiger partial charge in [-0.15, -0.1) is 0 Å². The molecule has 3 aromatic carbocycles. The summed E-state index contributed by atoms with van der Waals surface area (Å²) in [6, 6.07) is 20.2. The Morgan fingerprint density at radius 1 is 0.914 bits per heavy atom. The van der Waals surface area contributed by atoms with E-state index in [9.17, 15) is 13.2 Å². The molecule has 8 heteroatoms. The van der Waals surface area contributed by atoms with E-state index >= 15 is 0 Å². The van der Waals surface area contributed by atoms with E-state index in [4.69, 9.17) is 11.6 Å². The first-order chi connectivity index (χ1) is 16.6. The van der Waals surface area contributed by atoms with Crippen molar-refractivity contribution in [3.8, 4) is 0 Å². The lowest BCUT2D eigenvalue weighted by Gasteiger charge is -2.37. The Morgan fingerprint density at radius 3 is 2.14 bits per heavy atom. The molecule has 0 radical (unpaired) electrons. The number of amides is 1. The molecule has 1 heterocycles. The molecule has 6 nitrogen and oxygen atoms in total. The molecular formula is C27H30ClN3O3S. The Balaban J connectivity index is 1.44. The van der Waals surface area contributed by atoms with Crippen LogP contribution in [0.3, 0.4) is 0 Å². The molecule has 0 atom stereocenters. The number of hydrogen-bond acceptors (Lipinski definition) is 4. The Kier molecular flexibility index (Phi) is 7.38. The Hall–Kier alpha value is -3.03. The van der Waals surface area contributed by atoms with Crippen molar-refractivity contribution in [3.63, 3.8) is 0 Å². The van der Waals surface area contributed by atoms with E-state index in [1.54, 1.807) is 48.5 Å². The molecule has 0 saturated carbocycles. The van der Waals surface area contributed by atoms with E-state index < -0.39 is 10.0 Å². The second-order valence-corrected chi connectivity index (χ2v) is 11.3. The molecule has 1 amide bonds. The normalized spacial score (nSPS) is 14.2. The third kappa shape index (κ3) is 5.80. The topological polar surface area (TPSA) is 60.9 Å². The average molecular weight is 512 g/mol. The first-order valence-corrected chi connectivity index (χ1v) is 13.8. The summed E-state index contributed by atoms with van der Waals surface area (Å²) in [6.45, 7) is 7.26. The molecule has 1 saturated heterocycles. The summed E-state index contributed by atoms with van der Waals surface area (Å²) in [4.78, 5) is 17.3. The van der Waals surface area contributed by atoms with E-state index in [0.29, 0.717) is 29.4 Å². The van der Waals surface area contributed by atoms with Crippen LogP contribution in [-0.2, 0) is 16.6 Å². The number of nitrogens with zero attached hydrogens (tertiary/aromatic N) is 3. The zero-order valence-electron chi connectivity index (χ0n) is 20.2. The maximum atomic E-state index is 13.1. The fraction of sp³-hybridized carbons (Fsp3) is 0.296. The molecule has 0 spiro atoms. The highest BCUT2D eigenvalue weighted by Gasteiger charge is 2.24. The van der Waals surface area contributed by atoms with E-state index in [1.807, 2.05) is 4.90 Å². The summed E-state index contributed by atoms with van der Waals surface area (Å²) < 4.78 is 26.3. The van der Waals surface area contributed by atoms with Crippen LogP contribution in [0.15, 0.2) is 66.7 Å². The zero-order valence-corrected chi connectivity index (χ0v) is 21.8. The first kappa shape index (κ1) is 25.1. The van der Waals surface area contributed by atoms with Crippen LogP contribution in [0.2, 0.25) is 5.02 Å². The third-order valence-corrected chi connectivity index (χ3v) is 7.92. The molecule has 0 aromatic heterocycles. The number of aryl methyl sites for hydroxylation is 1. The highest BCUT2D eigenvalue weighted by molar-refractivity contribution is 7.92. The van der Waals surface area contributed by atoms with Gasteiger partial charge in [-0.05, 0) is 73.0 Å². The summed E-state index contributed by atoms with van der Waals surface area (Å²) in [7, 11) is -3.52. The van der Waals surface area contributed by atoms with Crippen molar-refractivity contribution < 1.29 is 13.2 Å². The van der Waals surface area contributed by atoms with Gasteiger partial charge in [0.2, 0.25) is 10.0 Å². The average Bonchev–Trinajstić information content (AvgIpc) is 2.84. The van der Waals surface area contributed by atoms with Gasteiger partial charge in [-0.25, -0.2) is 8.42 Å². The Bertz CT molecular complexity index is 1300. The molecule has 1 aliphatic heterocycles. The van der Waals surface area contributed by atoms with Crippen molar-refractivity contribution in [2.45, 2.75) is 20.4 Å². The number of hydrogen-bond donors (Lipinski definition) is 0. The second kappa shape index (κ2) is 10.3. The van der Waals surface area contributed by atoms with E-state index in [1.165, 1.54) is 27.4 Å². The number of rotatable bonds is 6. The number of benzene rings is 3. The number of piperazine rings is 1. The maximum Gasteiger partial charge on any atom is 0.253 e. The number of halogens is 1. The highest BCUT2D eigenvalue weighted by atomic mass is 35.5. The van der Waals surface area contributed by atoms with Crippen LogP contribution in [0, 0.1) is 13.8 Å². The molecule has 3 aromatic rings. The van der Waals surface area contributed by atoms with Gasteiger partial charge in [-0.2, -0.15) is 0 Å². The zero-order chi connectivity index (χ0) is 25.2. The van der Waals surface area contributed by atoms with Gasteiger partial charge >= 0.3 is 0 Å². The minimum atomic E-state index is -3.52. The summed E-state index contributed by atoms with van der Waals surface area (Å²) in [5.74, 6) is -0.0410. The quantitative estimate of drug-likeness (QED) is 0.473. The van der Waals surface area contributed by atoms with Crippen molar-refractivity contribution in [1.82, 2.24) is 4.90 Å². The standard InChI is InChI=1S/C27H30ClN3O3S/c1-20-5-4-6-26(21(20)2)29-15-17-30(18-16-29)27(32)23-9-13-25(14-10-23)31(35(3,33)34)19-22-7-11-24(28)12-8-22/h4-14H,15-19H2,1-3H3. The fourth-order valence-electron chi connectivity index (χ4n) is 4.34. The first-order valence-electron chi connectivity index (χ1n) is 11.6. The van der Waals surface area contributed by atoms with Gasteiger partial charge in [0.05, 0.1) is 18.5 Å². The van der Waals surface area contributed by atoms with Gasteiger partial charge in [-0.3, -0.25) is 9.10 Å². The summed E-state index contributed by atoms with van der Waals surface area (Å²) in [6.07, 6.45) is 1.18. The predicted octanol–water partition coefficient (Wildman–Crippen LogP) is 4.89. The summed E-state index contributed by atoms with van der Waals surface area (Å²) in [5, 5.41) is 0.595. The molecule has 0 unspecified atom stereocenters. The number of carbonyl (C=O) groups is 1. The van der Waals surface area contributed by atoms with Crippen molar-refractivity contribution in [2.75, 3.05) is 41.6 Å². The van der Waals surface area contributed by atoms with Crippen molar-refractivity contribution in [2.24, 2.45) is 0 Å². The lowest BCUT2D eigenvalue weighted by molar-refractivity contribution is 0.0747. The lowest BCUT2D eigenvalue weighted by Crippen LogP contribution is -2.49. The van der Waals surface area contributed by atoms with Crippen LogP contribution in [0.5, 0.6) is 0 Å². The second-order valence-electron chi connectivity index (χ2n) is 8.94. The largest absolute Gasteiger partial charge is 0.368 e. The molecule has 0 aliphatic carbocycles. The van der Waals surface area contributed by atoms with E-state index in [2.05, 4.69) is 36.9 Å². The fourth-order valence-corrected chi connectivity index (χ4v) is 5.35. The maximum absolute atomic E-state index is 13.1. The molecule has 0 bridgehead atoms. The minimum absolute atomic E-state index is 0.0410. The molecule has 35 heavy (non-hydrogen) atoms. The van der Waals surface area contributed by atoms with Crippen molar-refractivity contribution in [3.05, 3.63) is 94.0 Å². The molecule has 1 fully saturated rings. The van der Waals surface area contributed by atoms with Crippen LogP contribution >= 0.6 is 11.6 Å². The molecule has 1 aliphatic rings. The molecule has 184 valence electrons. The summed E-state index contributed by atoms with van der Waals surface area (Å²) >= 11 is 5.95. The van der Waals surface area contributed by atoms with E-state index in [0.717, 1.165) is 18.7 Å². The monoisotopic (exact) mass is 511 g/mol. The molecule has 4 rings (SSSR count). The Morgan fingerprint density at radius 2 is 1.54 bits per heavy atom. The molecular weight excluding hydrogens is 482 g/mol. The predicted molar refractivity (Wildman–Crippen MR) is 143 cm³/mol. The lowest BCUT2D eigenvalue weighted by atomic mass is 10.1. The van der Waals surface area contributed by atoms with Crippen LogP contribution < -0.4 is 9.21 Å². The molecule has 0 N–H and O–H groups in total. The third-order valence-electron chi connectivity index (χ3n) is 6.53. The highest BCUT2D eigenvalue weighted by Crippen LogP contribution is 2.25. The van der Waals surface area contributed by atoms with Crippen LogP contribution in [-0.4, -0.2) is 51.7 Å². The van der Waals surface area contributed by atoms with Gasteiger partial charge in [0, 0.05) is 42.5 Å². The van der Waals surface area contributed by atoms with Crippen molar-refractivity contribution >= 4 is 38.9 Å². The van der Waals surface area contributed by atoms with Gasteiger partial charge < -0.3 is 9.80 Å². The smallest absolute Gasteiger partial charge is 0.253 e. The SMILES string of the molecule is Cc1cccc(N2CCN(C(=O)c3ccc(N(Cc4ccc(Cl)cc4)S(C)(=O)=O)cc3)CC2)c1C.